The Kier molecular flexibility index (Phi) is 9.74. The second-order valence-electron chi connectivity index (χ2n) is 16.9. The van der Waals surface area contributed by atoms with Gasteiger partial charge in [-0.2, -0.15) is 0 Å². The molecule has 0 radical (unpaired) electrons. The number of nitrogens with one attached hydrogen (secondary N) is 2. The molecule has 59 heavy (non-hydrogen) atoms. The highest BCUT2D eigenvalue weighted by Crippen LogP contribution is 2.51. The Hall–Kier alpha value is -5.74. The van der Waals surface area contributed by atoms with Crippen molar-refractivity contribution < 1.29 is 33.4 Å². The molecule has 1 aromatic heterocycles. The van der Waals surface area contributed by atoms with E-state index in [0.29, 0.717) is 47.7 Å². The van der Waals surface area contributed by atoms with E-state index >= 15 is 0 Å². The van der Waals surface area contributed by atoms with Crippen LogP contribution in [0, 0.1) is 5.41 Å². The number of ether oxygens (including phenoxy) is 2. The van der Waals surface area contributed by atoms with Crippen LogP contribution < -0.4 is 30.6 Å². The maximum absolute atomic E-state index is 13.4. The summed E-state index contributed by atoms with van der Waals surface area (Å²) in [7, 11) is 6.69. The number of rotatable bonds is 8. The fourth-order valence-corrected chi connectivity index (χ4v) is 10.4. The first-order chi connectivity index (χ1) is 28.4. The second kappa shape index (κ2) is 14.8. The molecule has 16 heteroatoms. The van der Waals surface area contributed by atoms with Crippen LogP contribution in [0.1, 0.15) is 63.1 Å². The summed E-state index contributed by atoms with van der Waals surface area (Å²) in [5, 5.41) is 4.92. The van der Waals surface area contributed by atoms with Gasteiger partial charge in [-0.1, -0.05) is 0 Å². The van der Waals surface area contributed by atoms with Gasteiger partial charge in [0.05, 0.1) is 37.5 Å². The predicted octanol–water partition coefficient (Wildman–Crippen LogP) is 1.95. The number of carbonyl (C=O) groups excluding carboxylic acids is 5. The summed E-state index contributed by atoms with van der Waals surface area (Å²) in [6.45, 7) is 6.91. The molecule has 9 rings (SSSR count). The van der Waals surface area contributed by atoms with Crippen molar-refractivity contribution in [1.82, 2.24) is 34.8 Å². The van der Waals surface area contributed by atoms with Crippen molar-refractivity contribution in [3.63, 3.8) is 0 Å². The van der Waals surface area contributed by atoms with Crippen molar-refractivity contribution in [3.05, 3.63) is 74.7 Å². The highest BCUT2D eigenvalue weighted by atomic mass is 16.5. The highest BCUT2D eigenvalue weighted by molar-refractivity contribution is 6.23. The van der Waals surface area contributed by atoms with Gasteiger partial charge in [0, 0.05) is 102 Å². The average Bonchev–Trinajstić information content (AvgIpc) is 3.46. The SMILES string of the molecule is CNC(=O)N1CCc2c(-c3cc(OC)c(CN4CC5(CC(N6CCN(c7ccc8c(c7)C(=O)N(C7CCC(=O)NC7=O)C8=O)CC6)C5)C4)c(OC)c3)cn(C)c(=O)c2C1. The minimum atomic E-state index is -0.977. The zero-order chi connectivity index (χ0) is 41.3. The Morgan fingerprint density at radius 3 is 2.22 bits per heavy atom. The molecule has 4 fully saturated rings. The van der Waals surface area contributed by atoms with Gasteiger partial charge in [-0.3, -0.25) is 44.0 Å². The number of hydrogen-bond acceptors (Lipinski definition) is 11. The van der Waals surface area contributed by atoms with Crippen LogP contribution in [0.3, 0.4) is 0 Å². The number of carbonyl (C=O) groups is 5. The van der Waals surface area contributed by atoms with E-state index in [1.807, 2.05) is 24.4 Å². The minimum absolute atomic E-state index is 0.0894. The molecule has 6 amide bonds. The Labute approximate surface area is 342 Å². The summed E-state index contributed by atoms with van der Waals surface area (Å²) in [6.07, 6.45) is 4.97. The molecule has 16 nitrogen and oxygen atoms in total. The van der Waals surface area contributed by atoms with Crippen molar-refractivity contribution in [2.75, 3.05) is 72.0 Å². The number of nitrogens with zero attached hydrogens (tertiary/aromatic N) is 6. The number of imide groups is 2. The molecule has 1 atom stereocenters. The normalized spacial score (nSPS) is 21.8. The number of hydrogen-bond donors (Lipinski definition) is 2. The summed E-state index contributed by atoms with van der Waals surface area (Å²) < 4.78 is 13.5. The van der Waals surface area contributed by atoms with Crippen LogP contribution in [0.4, 0.5) is 10.5 Å². The van der Waals surface area contributed by atoms with Gasteiger partial charge in [0.2, 0.25) is 11.8 Å². The van der Waals surface area contributed by atoms with Crippen molar-refractivity contribution in [2.45, 2.75) is 57.3 Å². The molecule has 310 valence electrons. The van der Waals surface area contributed by atoms with Gasteiger partial charge in [-0.15, -0.1) is 0 Å². The van der Waals surface area contributed by atoms with Gasteiger partial charge in [0.25, 0.3) is 17.4 Å². The number of piperazine rings is 1. The maximum atomic E-state index is 13.4. The molecular weight excluding hydrogens is 757 g/mol. The van der Waals surface area contributed by atoms with Gasteiger partial charge >= 0.3 is 6.03 Å². The number of piperidine rings is 1. The Morgan fingerprint density at radius 1 is 0.864 bits per heavy atom. The number of fused-ring (bicyclic) bond motifs is 2. The van der Waals surface area contributed by atoms with E-state index in [1.165, 1.54) is 0 Å². The molecule has 1 spiro atoms. The van der Waals surface area contributed by atoms with Crippen LogP contribution in [-0.4, -0.2) is 133 Å². The number of anilines is 1. The molecule has 3 aromatic rings. The number of methoxy groups -OCH3 is 2. The third-order valence-electron chi connectivity index (χ3n) is 13.4. The molecule has 1 aliphatic carbocycles. The van der Waals surface area contributed by atoms with E-state index in [2.05, 4.69) is 25.3 Å². The maximum Gasteiger partial charge on any atom is 0.317 e. The molecule has 2 aromatic carbocycles. The topological polar surface area (TPSA) is 166 Å². The Bertz CT molecular complexity index is 2310. The van der Waals surface area contributed by atoms with Gasteiger partial charge < -0.3 is 29.2 Å². The number of benzene rings is 2. The summed E-state index contributed by atoms with van der Waals surface area (Å²) in [5.74, 6) is -0.504. The van der Waals surface area contributed by atoms with Gasteiger partial charge in [-0.25, -0.2) is 4.79 Å². The number of aromatic nitrogens is 1. The van der Waals surface area contributed by atoms with Crippen LogP contribution in [0.2, 0.25) is 0 Å². The first kappa shape index (κ1) is 38.8. The summed E-state index contributed by atoms with van der Waals surface area (Å²) >= 11 is 0. The van der Waals surface area contributed by atoms with Crippen molar-refractivity contribution in [1.29, 1.82) is 0 Å². The van der Waals surface area contributed by atoms with Crippen LogP contribution in [0.5, 0.6) is 11.5 Å². The molecule has 2 N–H and O–H groups in total. The van der Waals surface area contributed by atoms with Crippen molar-refractivity contribution >= 4 is 35.3 Å². The van der Waals surface area contributed by atoms with Crippen LogP contribution in [0.25, 0.3) is 11.1 Å². The summed E-state index contributed by atoms with van der Waals surface area (Å²) in [4.78, 5) is 86.2. The molecule has 0 bridgehead atoms. The lowest BCUT2D eigenvalue weighted by Crippen LogP contribution is -2.67. The summed E-state index contributed by atoms with van der Waals surface area (Å²) in [5.41, 5.74) is 6.10. The molecule has 1 unspecified atom stereocenters. The van der Waals surface area contributed by atoms with Crippen molar-refractivity contribution in [2.24, 2.45) is 12.5 Å². The standard InChI is InChI=1S/C43H50N8O8/c1-44-42(57)50-10-9-28-31(20-46(2)39(54)32(28)22-50)25-15-35(58-3)33(36(16-25)59-4)21-47-23-43(24-47)18-27(19-43)49-13-11-48(12-14-49)26-5-6-29-30(17-26)41(56)51(40(29)55)34-7-8-37(52)45-38(34)53/h5-6,15-17,20,27,34H,7-14,18-19,21-24H2,1-4H3,(H,44,57)(H,45,52,53). The predicted molar refractivity (Wildman–Crippen MR) is 216 cm³/mol. The van der Waals surface area contributed by atoms with Crippen molar-refractivity contribution in [3.8, 4) is 22.6 Å². The van der Waals surface area contributed by atoms with Crippen LogP contribution in [-0.2, 0) is 36.1 Å². The fourth-order valence-electron chi connectivity index (χ4n) is 10.4. The smallest absolute Gasteiger partial charge is 0.317 e. The number of amides is 6. The Morgan fingerprint density at radius 2 is 1.56 bits per heavy atom. The third-order valence-corrected chi connectivity index (χ3v) is 13.4. The lowest BCUT2D eigenvalue weighted by atomic mass is 9.60. The number of aryl methyl sites for hydroxylation is 1. The van der Waals surface area contributed by atoms with Gasteiger partial charge in [-0.05, 0) is 72.6 Å². The second-order valence-corrected chi connectivity index (χ2v) is 16.9. The van der Waals surface area contributed by atoms with E-state index in [1.54, 1.807) is 49.9 Å². The molecule has 5 aliphatic heterocycles. The summed E-state index contributed by atoms with van der Waals surface area (Å²) in [6, 6.07) is 8.77. The fraction of sp³-hybridized carbons (Fsp3) is 0.488. The molecule has 6 heterocycles. The van der Waals surface area contributed by atoms with E-state index < -0.39 is 29.7 Å². The zero-order valence-corrected chi connectivity index (χ0v) is 34.0. The Balaban J connectivity index is 0.804. The molecule has 1 saturated carbocycles. The first-order valence-electron chi connectivity index (χ1n) is 20.4. The average molecular weight is 807 g/mol. The number of pyridine rings is 1. The van der Waals surface area contributed by atoms with E-state index in [0.717, 1.165) is 96.5 Å². The van der Waals surface area contributed by atoms with Gasteiger partial charge in [0.1, 0.15) is 17.5 Å². The van der Waals surface area contributed by atoms with E-state index in [4.69, 9.17) is 9.47 Å². The monoisotopic (exact) mass is 806 g/mol. The molecular formula is C43H50N8O8. The largest absolute Gasteiger partial charge is 0.496 e. The number of urea groups is 1. The molecule has 6 aliphatic rings. The zero-order valence-electron chi connectivity index (χ0n) is 34.0. The van der Waals surface area contributed by atoms with E-state index in [9.17, 15) is 28.8 Å². The third kappa shape index (κ3) is 6.62. The van der Waals surface area contributed by atoms with E-state index in [-0.39, 0.29) is 31.0 Å². The van der Waals surface area contributed by atoms with Gasteiger partial charge in [0.15, 0.2) is 0 Å². The lowest BCUT2D eigenvalue weighted by Gasteiger charge is -2.62. The van der Waals surface area contributed by atoms with Crippen LogP contribution in [0.15, 0.2) is 41.3 Å². The lowest BCUT2D eigenvalue weighted by molar-refractivity contribution is -0.136. The minimum Gasteiger partial charge on any atom is -0.496 e. The number of likely N-dealkylation sites (tertiary alicyclic amines) is 1. The first-order valence-corrected chi connectivity index (χ1v) is 20.4. The molecule has 3 saturated heterocycles. The van der Waals surface area contributed by atoms with Crippen LogP contribution >= 0.6 is 0 Å². The highest BCUT2D eigenvalue weighted by Gasteiger charge is 2.54. The quantitative estimate of drug-likeness (QED) is 0.320.